The van der Waals surface area contributed by atoms with Crippen LogP contribution in [0.3, 0.4) is 0 Å². The second kappa shape index (κ2) is 13.2. The number of hydrogen-bond acceptors (Lipinski definition) is 5. The summed E-state index contributed by atoms with van der Waals surface area (Å²) in [4.78, 5) is 46.7. The molecule has 0 aliphatic rings. The maximum atomic E-state index is 13.9. The third kappa shape index (κ3) is 8.14. The van der Waals surface area contributed by atoms with Gasteiger partial charge < -0.3 is 15.5 Å². The van der Waals surface area contributed by atoms with Gasteiger partial charge in [0.15, 0.2) is 0 Å². The molecule has 3 amide bonds. The van der Waals surface area contributed by atoms with E-state index in [2.05, 4.69) is 10.6 Å². The molecule has 37 heavy (non-hydrogen) atoms. The van der Waals surface area contributed by atoms with Gasteiger partial charge in [0.2, 0.25) is 11.8 Å². The minimum atomic E-state index is -0.778. The number of hydroxylamine groups is 2. The molecule has 0 bridgehead atoms. The summed E-state index contributed by atoms with van der Waals surface area (Å²) in [6.45, 7) is 15.5. The normalized spacial score (nSPS) is 15.1. The van der Waals surface area contributed by atoms with Gasteiger partial charge in [0.1, 0.15) is 6.04 Å². The summed E-state index contributed by atoms with van der Waals surface area (Å²) >= 11 is 0. The van der Waals surface area contributed by atoms with E-state index in [1.54, 1.807) is 39.0 Å². The van der Waals surface area contributed by atoms with Gasteiger partial charge in [0.05, 0.1) is 19.2 Å². The first-order valence-corrected chi connectivity index (χ1v) is 12.8. The van der Waals surface area contributed by atoms with Gasteiger partial charge in [0.25, 0.3) is 5.91 Å². The average molecular weight is 517 g/mol. The number of likely N-dealkylation sites (N-methyl/N-ethyl adjacent to an activating group) is 3. The summed E-state index contributed by atoms with van der Waals surface area (Å²) in [7, 11) is 6.44. The first kappa shape index (κ1) is 32.3. The molecule has 0 aromatic heterocycles. The summed E-state index contributed by atoms with van der Waals surface area (Å²) in [5.74, 6) is -0.719. The monoisotopic (exact) mass is 516 g/mol. The zero-order valence-electron chi connectivity index (χ0n) is 24.8. The Bertz CT molecular complexity index is 950. The first-order chi connectivity index (χ1) is 17.0. The molecular weight excluding hydrogens is 468 g/mol. The smallest absolute Gasteiger partial charge is 0.272 e. The van der Waals surface area contributed by atoms with Crippen LogP contribution in [0, 0.1) is 11.3 Å². The third-order valence-electron chi connectivity index (χ3n) is 6.99. The molecule has 0 spiro atoms. The molecule has 1 rings (SSSR count). The Labute approximate surface area is 223 Å². The molecule has 0 unspecified atom stereocenters. The molecule has 0 saturated heterocycles. The van der Waals surface area contributed by atoms with Crippen LogP contribution in [0.1, 0.15) is 61.0 Å². The second-order valence-electron chi connectivity index (χ2n) is 11.6. The number of benzene rings is 1. The van der Waals surface area contributed by atoms with Crippen LogP contribution >= 0.6 is 0 Å². The minimum Gasteiger partial charge on any atom is -0.342 e. The standard InChI is InChI=1S/C29H48N4O4/c1-19(2)22(18-20(3)26(35)33(11)37-12)32(10)27(36)24(28(4,5)6)31-25(34)23(30-9)29(7,8)21-16-14-13-15-17-21/h13-19,22-24,30H,1-12H3,(H,31,34)/t22-,23-,24-/m1/s1. The SMILES string of the molecule is CN[C@H](C(=O)N[C@H](C(=O)N(C)[C@H](C=C(C)C(=O)N(C)OC)C(C)C)C(C)(C)C)C(C)(C)c1ccccc1. The van der Waals surface area contributed by atoms with Crippen molar-refractivity contribution >= 4 is 17.7 Å². The summed E-state index contributed by atoms with van der Waals surface area (Å²) in [6.07, 6.45) is 1.79. The van der Waals surface area contributed by atoms with Crippen LogP contribution in [0.2, 0.25) is 0 Å². The van der Waals surface area contributed by atoms with Crippen LogP contribution in [0.15, 0.2) is 42.0 Å². The van der Waals surface area contributed by atoms with Crippen molar-refractivity contribution in [3.8, 4) is 0 Å². The highest BCUT2D eigenvalue weighted by Gasteiger charge is 2.41. The minimum absolute atomic E-state index is 0.0305. The first-order valence-electron chi connectivity index (χ1n) is 12.8. The lowest BCUT2D eigenvalue weighted by atomic mass is 9.76. The predicted octanol–water partition coefficient (Wildman–Crippen LogP) is 3.53. The van der Waals surface area contributed by atoms with Gasteiger partial charge in [-0.25, -0.2) is 5.06 Å². The van der Waals surface area contributed by atoms with Crippen molar-refractivity contribution in [2.24, 2.45) is 11.3 Å². The van der Waals surface area contributed by atoms with E-state index in [9.17, 15) is 14.4 Å². The Morgan fingerprint density at radius 1 is 0.973 bits per heavy atom. The molecule has 0 aliphatic heterocycles. The van der Waals surface area contributed by atoms with Crippen molar-refractivity contribution in [2.45, 2.75) is 78.9 Å². The van der Waals surface area contributed by atoms with Crippen molar-refractivity contribution in [3.05, 3.63) is 47.5 Å². The van der Waals surface area contributed by atoms with Gasteiger partial charge in [-0.2, -0.15) is 0 Å². The average Bonchev–Trinajstić information content (AvgIpc) is 2.83. The summed E-state index contributed by atoms with van der Waals surface area (Å²) in [6, 6.07) is 8.15. The molecule has 0 saturated carbocycles. The van der Waals surface area contributed by atoms with Crippen LogP contribution in [0.25, 0.3) is 0 Å². The predicted molar refractivity (Wildman–Crippen MR) is 149 cm³/mol. The fourth-order valence-electron chi connectivity index (χ4n) is 4.49. The van der Waals surface area contributed by atoms with E-state index >= 15 is 0 Å². The van der Waals surface area contributed by atoms with Gasteiger partial charge in [-0.15, -0.1) is 0 Å². The number of hydrogen-bond donors (Lipinski definition) is 2. The number of carbonyl (C=O) groups is 3. The van der Waals surface area contributed by atoms with E-state index in [0.717, 1.165) is 10.6 Å². The fourth-order valence-corrected chi connectivity index (χ4v) is 4.49. The lowest BCUT2D eigenvalue weighted by Crippen LogP contribution is -2.61. The molecule has 1 aromatic carbocycles. The zero-order valence-corrected chi connectivity index (χ0v) is 24.8. The molecule has 3 atom stereocenters. The molecule has 0 radical (unpaired) electrons. The summed E-state index contributed by atoms with van der Waals surface area (Å²) in [5, 5.41) is 7.36. The van der Waals surface area contributed by atoms with Crippen molar-refractivity contribution in [1.82, 2.24) is 20.6 Å². The van der Waals surface area contributed by atoms with Gasteiger partial charge in [-0.05, 0) is 30.9 Å². The quantitative estimate of drug-likeness (QED) is 0.347. The van der Waals surface area contributed by atoms with E-state index in [1.165, 1.54) is 7.11 Å². The highest BCUT2D eigenvalue weighted by molar-refractivity contribution is 5.93. The van der Waals surface area contributed by atoms with Crippen molar-refractivity contribution in [2.75, 3.05) is 28.3 Å². The molecule has 0 aliphatic carbocycles. The van der Waals surface area contributed by atoms with E-state index in [0.29, 0.717) is 5.57 Å². The molecule has 2 N–H and O–H groups in total. The number of carbonyl (C=O) groups excluding carboxylic acids is 3. The number of nitrogens with one attached hydrogen (secondary N) is 2. The molecule has 8 nitrogen and oxygen atoms in total. The van der Waals surface area contributed by atoms with Crippen molar-refractivity contribution in [1.29, 1.82) is 0 Å². The van der Waals surface area contributed by atoms with Crippen LogP contribution in [0.4, 0.5) is 0 Å². The Balaban J connectivity index is 3.31. The van der Waals surface area contributed by atoms with Gasteiger partial charge in [-0.1, -0.05) is 84.9 Å². The van der Waals surface area contributed by atoms with Crippen LogP contribution in [-0.4, -0.2) is 74.1 Å². The molecule has 0 fully saturated rings. The number of rotatable bonds is 11. The Hall–Kier alpha value is -2.71. The molecule has 1 aromatic rings. The Morgan fingerprint density at radius 2 is 1.51 bits per heavy atom. The topological polar surface area (TPSA) is 91.0 Å². The zero-order chi connectivity index (χ0) is 28.7. The molecule has 208 valence electrons. The van der Waals surface area contributed by atoms with Crippen molar-refractivity contribution < 1.29 is 19.2 Å². The maximum Gasteiger partial charge on any atom is 0.272 e. The van der Waals surface area contributed by atoms with Crippen molar-refractivity contribution in [3.63, 3.8) is 0 Å². The second-order valence-corrected chi connectivity index (χ2v) is 11.6. The molecular formula is C29H48N4O4. The maximum absolute atomic E-state index is 13.9. The summed E-state index contributed by atoms with van der Waals surface area (Å²) in [5.41, 5.74) is 0.416. The highest BCUT2D eigenvalue weighted by Crippen LogP contribution is 2.29. The fraction of sp³-hybridized carbons (Fsp3) is 0.621. The third-order valence-corrected chi connectivity index (χ3v) is 6.99. The van der Waals surface area contributed by atoms with E-state index in [1.807, 2.05) is 78.8 Å². The largest absolute Gasteiger partial charge is 0.342 e. The van der Waals surface area contributed by atoms with E-state index in [-0.39, 0.29) is 29.7 Å². The van der Waals surface area contributed by atoms with Crippen LogP contribution in [0.5, 0.6) is 0 Å². The summed E-state index contributed by atoms with van der Waals surface area (Å²) < 4.78 is 0. The Kier molecular flexibility index (Phi) is 11.5. The number of amides is 3. The Morgan fingerprint density at radius 3 is 1.95 bits per heavy atom. The lowest BCUT2D eigenvalue weighted by Gasteiger charge is -2.40. The van der Waals surface area contributed by atoms with Gasteiger partial charge in [-0.3, -0.25) is 19.2 Å². The molecule has 8 heteroatoms. The van der Waals surface area contributed by atoms with Crippen LogP contribution < -0.4 is 10.6 Å². The van der Waals surface area contributed by atoms with Gasteiger partial charge in [0, 0.05) is 25.1 Å². The highest BCUT2D eigenvalue weighted by atomic mass is 16.7. The van der Waals surface area contributed by atoms with E-state index < -0.39 is 22.9 Å². The van der Waals surface area contributed by atoms with Gasteiger partial charge >= 0.3 is 0 Å². The molecule has 0 heterocycles. The van der Waals surface area contributed by atoms with Crippen LogP contribution in [-0.2, 0) is 24.6 Å². The lowest BCUT2D eigenvalue weighted by molar-refractivity contribution is -0.164. The van der Waals surface area contributed by atoms with E-state index in [4.69, 9.17) is 4.84 Å². The number of nitrogens with zero attached hydrogens (tertiary/aromatic N) is 2.